The molecule has 0 radical (unpaired) electrons. The maximum absolute atomic E-state index is 10.6. The van der Waals surface area contributed by atoms with Gasteiger partial charge in [0.25, 0.3) is 5.56 Å². The number of hydrogen-bond acceptors (Lipinski definition) is 13. The largest absolute Gasteiger partial charge is 0.488 e. The highest BCUT2D eigenvalue weighted by Gasteiger charge is 2.31. The minimum absolute atomic E-state index is 0.00593. The third-order valence-corrected chi connectivity index (χ3v) is 11.4. The molecular weight excluding hydrogens is 867 g/mol. The number of carboxylic acid groups (broad SMARTS) is 2. The molecule has 0 saturated heterocycles. The Hall–Kier alpha value is -5.04. The predicted molar refractivity (Wildman–Crippen MR) is 258 cm³/mol. The maximum Gasteiger partial charge on any atom is 0.488 e. The molecule has 0 atom stereocenters. The molecule has 0 amide bonds. The van der Waals surface area contributed by atoms with E-state index in [0.29, 0.717) is 47.1 Å². The first-order valence-corrected chi connectivity index (χ1v) is 22.7. The van der Waals surface area contributed by atoms with Crippen LogP contribution in [0.15, 0.2) is 78.1 Å². The van der Waals surface area contributed by atoms with Crippen LogP contribution in [0.1, 0.15) is 122 Å². The van der Waals surface area contributed by atoms with E-state index in [4.69, 9.17) is 42.3 Å². The molecule has 66 heavy (non-hydrogen) atoms. The number of aromatic nitrogens is 4. The molecule has 4 aromatic rings. The Morgan fingerprint density at radius 2 is 1.45 bits per heavy atom. The first kappa shape index (κ1) is 57.1. The van der Waals surface area contributed by atoms with Crippen molar-refractivity contribution >= 4 is 42.4 Å². The van der Waals surface area contributed by atoms with Gasteiger partial charge in [0, 0.05) is 42.9 Å². The predicted octanol–water partition coefficient (Wildman–Crippen LogP) is 6.30. The summed E-state index contributed by atoms with van der Waals surface area (Å²) in [6.07, 6.45) is 12.9. The third kappa shape index (κ3) is 23.9. The number of aliphatic carboxylic acids is 2. The van der Waals surface area contributed by atoms with Crippen molar-refractivity contribution in [2.45, 2.75) is 125 Å². The summed E-state index contributed by atoms with van der Waals surface area (Å²) < 4.78 is 6.19. The van der Waals surface area contributed by atoms with Crippen LogP contribution in [0.25, 0.3) is 11.3 Å². The molecule has 0 unspecified atom stereocenters. The summed E-state index contributed by atoms with van der Waals surface area (Å²) in [5, 5.41) is 46.6. The Kier molecular flexibility index (Phi) is 25.6. The number of nitrogens with two attached hydrogens (primary N) is 1. The molecule has 2 saturated carbocycles. The van der Waals surface area contributed by atoms with E-state index in [0.717, 1.165) is 54.3 Å². The lowest BCUT2D eigenvalue weighted by molar-refractivity contribution is -0.137. The number of rotatable bonds is 12. The number of hydrogen-bond donors (Lipinski definition) is 8. The number of aromatic amines is 1. The molecule has 2 heterocycles. The van der Waals surface area contributed by atoms with Crippen LogP contribution in [-0.4, -0.2) is 95.9 Å². The number of benzene rings is 2. The van der Waals surface area contributed by atoms with Crippen molar-refractivity contribution in [3.8, 4) is 17.1 Å². The van der Waals surface area contributed by atoms with E-state index < -0.39 is 19.1 Å². The molecule has 2 aliphatic rings. The number of nitrogens with one attached hydrogen (secondary N) is 2. The molecule has 0 spiro atoms. The zero-order valence-electron chi connectivity index (χ0n) is 39.2. The molecule has 16 nitrogen and oxygen atoms in total. The SMILES string of the molecule is CC(C)(C)C1CCC(O)CC1.CC(C)(C)C1CCC(Oc2cc(-c3cccc(CNCCC(=O)O)c3)ncn2)CC1.NCCC(=O)O.O=Cc1cccc(B(O)O)c1.O=c1cc(Cl)nc[nH]1. The summed E-state index contributed by atoms with van der Waals surface area (Å²) in [5.74, 6) is 0.578. The van der Waals surface area contributed by atoms with Crippen LogP contribution in [0, 0.1) is 22.7 Å². The van der Waals surface area contributed by atoms with Crippen molar-refractivity contribution in [1.29, 1.82) is 0 Å². The monoisotopic (exact) mass is 936 g/mol. The molecule has 2 fully saturated rings. The average Bonchev–Trinajstić information content (AvgIpc) is 3.26. The fourth-order valence-corrected chi connectivity index (χ4v) is 7.40. The van der Waals surface area contributed by atoms with Gasteiger partial charge in [0.15, 0.2) is 0 Å². The normalized spacial score (nSPS) is 17.9. The Morgan fingerprint density at radius 1 is 0.848 bits per heavy atom. The van der Waals surface area contributed by atoms with Gasteiger partial charge in [0.2, 0.25) is 5.88 Å². The van der Waals surface area contributed by atoms with Gasteiger partial charge in [-0.3, -0.25) is 19.2 Å². The lowest BCUT2D eigenvalue weighted by Gasteiger charge is -2.36. The second-order valence-electron chi connectivity index (χ2n) is 18.4. The van der Waals surface area contributed by atoms with Crippen LogP contribution in [0.3, 0.4) is 0 Å². The number of carboxylic acids is 2. The van der Waals surface area contributed by atoms with Gasteiger partial charge in [-0.05, 0) is 91.1 Å². The lowest BCUT2D eigenvalue weighted by atomic mass is 9.72. The summed E-state index contributed by atoms with van der Waals surface area (Å²) in [7, 11) is -1.50. The first-order chi connectivity index (χ1) is 31.1. The van der Waals surface area contributed by atoms with Crippen LogP contribution < -0.4 is 26.8 Å². The zero-order chi connectivity index (χ0) is 49.3. The van der Waals surface area contributed by atoms with E-state index in [-0.39, 0.29) is 42.3 Å². The fourth-order valence-electron chi connectivity index (χ4n) is 7.25. The molecular formula is C48H70BClN6O10. The standard InChI is InChI=1S/C24H33N3O3.C10H20O.C7H7BO3.C4H3ClN2O.C3H7NO2/c1-24(2,3)19-7-9-20(10-8-19)30-22-14-21(26-16-27-22)18-6-4-5-17(13-18)15-25-12-11-23(28)29;1-10(2,3)8-4-6-9(11)7-5-8;9-5-6-2-1-3-7(4-6)8(10)11;5-3-1-4(8)7-2-6-3;4-2-1-3(5)6/h4-6,13-14,16,19-20,25H,7-12,15H2,1-3H3,(H,28,29);8-9,11H,4-7H2,1-3H3;1-5,10-11H;1-2H,(H,6,7,8);1-2,4H2,(H,5,6). The average molecular weight is 937 g/mol. The highest BCUT2D eigenvalue weighted by Crippen LogP contribution is 2.39. The highest BCUT2D eigenvalue weighted by molar-refractivity contribution is 6.58. The molecule has 2 aliphatic carbocycles. The van der Waals surface area contributed by atoms with Gasteiger partial charge in [-0.15, -0.1) is 0 Å². The quantitative estimate of drug-likeness (QED) is 0.0335. The molecule has 0 bridgehead atoms. The Balaban J connectivity index is 0.000000337. The summed E-state index contributed by atoms with van der Waals surface area (Å²) in [5.41, 5.74) is 9.10. The van der Waals surface area contributed by atoms with Crippen molar-refractivity contribution in [1.82, 2.24) is 25.3 Å². The lowest BCUT2D eigenvalue weighted by Crippen LogP contribution is -2.30. The number of H-pyrrole nitrogens is 1. The third-order valence-electron chi connectivity index (χ3n) is 11.2. The smallest absolute Gasteiger partial charge is 0.481 e. The number of nitrogens with zero attached hydrogens (tertiary/aromatic N) is 3. The molecule has 2 aromatic heterocycles. The van der Waals surface area contributed by atoms with Gasteiger partial charge in [0.1, 0.15) is 23.9 Å². The van der Waals surface area contributed by atoms with Gasteiger partial charge in [-0.2, -0.15) is 0 Å². The highest BCUT2D eigenvalue weighted by atomic mass is 35.5. The van der Waals surface area contributed by atoms with E-state index in [9.17, 15) is 24.3 Å². The van der Waals surface area contributed by atoms with Crippen molar-refractivity contribution in [3.05, 3.63) is 100.0 Å². The number of carbonyl (C=O) groups excluding carboxylic acids is 1. The molecule has 362 valence electrons. The fraction of sp³-hybridized carbons (Fsp3) is 0.521. The summed E-state index contributed by atoms with van der Waals surface area (Å²) in [6, 6.07) is 17.4. The Bertz CT molecular complexity index is 2100. The zero-order valence-corrected chi connectivity index (χ0v) is 39.9. The van der Waals surface area contributed by atoms with Crippen LogP contribution >= 0.6 is 11.6 Å². The number of ether oxygens (including phenoxy) is 1. The van der Waals surface area contributed by atoms with Gasteiger partial charge < -0.3 is 46.1 Å². The molecule has 2 aromatic carbocycles. The van der Waals surface area contributed by atoms with Gasteiger partial charge in [-0.25, -0.2) is 15.0 Å². The van der Waals surface area contributed by atoms with Gasteiger partial charge in [0.05, 0.1) is 31.0 Å². The minimum Gasteiger partial charge on any atom is -0.481 e. The van der Waals surface area contributed by atoms with Crippen LogP contribution in [0.5, 0.6) is 5.88 Å². The van der Waals surface area contributed by atoms with Gasteiger partial charge in [-0.1, -0.05) is 95.6 Å². The first-order valence-electron chi connectivity index (χ1n) is 22.3. The number of halogens is 1. The minimum atomic E-state index is -1.50. The number of aldehydes is 1. The summed E-state index contributed by atoms with van der Waals surface area (Å²) in [6.45, 7) is 15.2. The van der Waals surface area contributed by atoms with E-state index in [1.165, 1.54) is 50.2 Å². The van der Waals surface area contributed by atoms with E-state index in [2.05, 4.69) is 72.9 Å². The molecule has 0 aliphatic heterocycles. The van der Waals surface area contributed by atoms with E-state index in [1.54, 1.807) is 18.5 Å². The summed E-state index contributed by atoms with van der Waals surface area (Å²) >= 11 is 5.31. The molecule has 6 rings (SSSR count). The van der Waals surface area contributed by atoms with E-state index >= 15 is 0 Å². The van der Waals surface area contributed by atoms with Crippen molar-refractivity contribution in [2.24, 2.45) is 28.4 Å². The Labute approximate surface area is 394 Å². The van der Waals surface area contributed by atoms with Crippen LogP contribution in [0.4, 0.5) is 0 Å². The number of aliphatic hydroxyl groups is 1. The molecule has 18 heteroatoms. The topological polar surface area (TPSA) is 271 Å². The second kappa shape index (κ2) is 29.6. The van der Waals surface area contributed by atoms with Gasteiger partial charge >= 0.3 is 19.1 Å². The Morgan fingerprint density at radius 3 is 1.95 bits per heavy atom. The second-order valence-corrected chi connectivity index (χ2v) is 18.8. The van der Waals surface area contributed by atoms with Crippen molar-refractivity contribution in [2.75, 3.05) is 13.1 Å². The van der Waals surface area contributed by atoms with Crippen LogP contribution in [0.2, 0.25) is 5.15 Å². The van der Waals surface area contributed by atoms with Crippen molar-refractivity contribution in [3.63, 3.8) is 0 Å². The van der Waals surface area contributed by atoms with E-state index in [1.807, 2.05) is 24.3 Å². The summed E-state index contributed by atoms with van der Waals surface area (Å²) in [4.78, 5) is 55.3. The molecule has 9 N–H and O–H groups in total. The van der Waals surface area contributed by atoms with Crippen molar-refractivity contribution < 1.29 is 44.5 Å². The number of aliphatic hydroxyl groups excluding tert-OH is 1. The number of carbonyl (C=O) groups is 3. The van der Waals surface area contributed by atoms with Crippen LogP contribution in [-0.2, 0) is 16.1 Å². The maximum atomic E-state index is 10.6.